The van der Waals surface area contributed by atoms with E-state index in [-0.39, 0.29) is 28.7 Å². The van der Waals surface area contributed by atoms with Gasteiger partial charge >= 0.3 is 0 Å². The van der Waals surface area contributed by atoms with E-state index in [0.29, 0.717) is 53.8 Å². The quantitative estimate of drug-likeness (QED) is 0.156. The molecule has 2 amide bonds. The van der Waals surface area contributed by atoms with E-state index in [9.17, 15) is 23.1 Å². The van der Waals surface area contributed by atoms with Crippen LogP contribution >= 0.6 is 0 Å². The number of hydrogen-bond donors (Lipinski definition) is 2. The van der Waals surface area contributed by atoms with Crippen LogP contribution in [0.15, 0.2) is 59.6 Å². The van der Waals surface area contributed by atoms with Crippen LogP contribution in [0.1, 0.15) is 102 Å². The Hall–Kier alpha value is -3.41. The number of benzene rings is 2. The normalized spacial score (nSPS) is 26.5. The summed E-state index contributed by atoms with van der Waals surface area (Å²) in [6.07, 6.45) is 16.0. The van der Waals surface area contributed by atoms with E-state index in [2.05, 4.69) is 4.90 Å². The fraction of sp³-hybridized carbons (Fsp3) is 0.652. The van der Waals surface area contributed by atoms with Gasteiger partial charge in [0.05, 0.1) is 21.9 Å². The minimum atomic E-state index is -3.81. The topological polar surface area (TPSA) is 135 Å². The highest BCUT2D eigenvalue weighted by Crippen LogP contribution is 2.60. The summed E-state index contributed by atoms with van der Waals surface area (Å²) in [6.45, 7) is 5.80. The van der Waals surface area contributed by atoms with Gasteiger partial charge in [0, 0.05) is 43.7 Å². The smallest absolute Gasteiger partial charge is 0.268 e. The molecule has 0 spiro atoms. The number of aliphatic hydroxyl groups excluding tert-OH is 1. The summed E-state index contributed by atoms with van der Waals surface area (Å²) in [4.78, 5) is 32.5. The van der Waals surface area contributed by atoms with Gasteiger partial charge in [0.1, 0.15) is 12.4 Å². The molecular weight excluding hydrogens is 737 g/mol. The average Bonchev–Trinajstić information content (AvgIpc) is 3.67. The highest BCUT2D eigenvalue weighted by atomic mass is 32.2. The van der Waals surface area contributed by atoms with E-state index in [4.69, 9.17) is 10.5 Å². The van der Waals surface area contributed by atoms with E-state index in [1.54, 1.807) is 48.5 Å². The van der Waals surface area contributed by atoms with Gasteiger partial charge in [-0.25, -0.2) is 12.4 Å². The molecular formula is C46H64N4O6S. The third kappa shape index (κ3) is 8.53. The highest BCUT2D eigenvalue weighted by molar-refractivity contribution is 7.90. The lowest BCUT2D eigenvalue weighted by molar-refractivity contribution is -0.159. The van der Waals surface area contributed by atoms with Gasteiger partial charge in [-0.2, -0.15) is 0 Å². The maximum atomic E-state index is 14.1. The second kappa shape index (κ2) is 17.1. The van der Waals surface area contributed by atoms with Crippen LogP contribution in [0.3, 0.4) is 0 Å². The van der Waals surface area contributed by atoms with Crippen molar-refractivity contribution >= 4 is 32.7 Å². The first-order valence-electron chi connectivity index (χ1n) is 22.0. The zero-order valence-corrected chi connectivity index (χ0v) is 34.7. The molecule has 6 fully saturated rings. The van der Waals surface area contributed by atoms with Gasteiger partial charge in [-0.05, 0) is 157 Å². The fourth-order valence-electron chi connectivity index (χ4n) is 12.0. The second-order valence-electron chi connectivity index (χ2n) is 18.6. The molecule has 310 valence electrons. The molecule has 4 aliphatic carbocycles. The molecule has 1 aromatic heterocycles. The van der Waals surface area contributed by atoms with Crippen molar-refractivity contribution in [2.75, 3.05) is 39.3 Å². The summed E-state index contributed by atoms with van der Waals surface area (Å²) in [5.41, 5.74) is 7.19. The molecule has 10 nitrogen and oxygen atoms in total. The molecule has 2 aliphatic heterocycles. The van der Waals surface area contributed by atoms with Gasteiger partial charge in [-0.15, -0.1) is 0 Å². The van der Waals surface area contributed by atoms with Crippen molar-refractivity contribution in [3.63, 3.8) is 0 Å². The molecule has 4 bridgehead atoms. The average molecular weight is 801 g/mol. The summed E-state index contributed by atoms with van der Waals surface area (Å²) in [6, 6.07) is 13.8. The van der Waals surface area contributed by atoms with Crippen LogP contribution in [0.2, 0.25) is 0 Å². The van der Waals surface area contributed by atoms with Gasteiger partial charge in [-0.1, -0.05) is 36.6 Å². The van der Waals surface area contributed by atoms with E-state index < -0.39 is 16.1 Å². The number of fused-ring (bicyclic) bond motifs is 1. The monoisotopic (exact) mass is 800 g/mol. The molecule has 11 heteroatoms. The number of likely N-dealkylation sites (tertiary alicyclic amines) is 2. The largest absolute Gasteiger partial charge is 0.490 e. The van der Waals surface area contributed by atoms with Gasteiger partial charge in [0.25, 0.3) is 10.0 Å². The number of carbonyl (C=O) groups is 2. The van der Waals surface area contributed by atoms with E-state index in [0.717, 1.165) is 114 Å². The van der Waals surface area contributed by atoms with Crippen molar-refractivity contribution in [1.82, 2.24) is 13.8 Å². The predicted octanol–water partition coefficient (Wildman–Crippen LogP) is 7.15. The number of amides is 2. The van der Waals surface area contributed by atoms with Crippen molar-refractivity contribution in [1.29, 1.82) is 0 Å². The second-order valence-corrected chi connectivity index (χ2v) is 20.5. The number of ether oxygens (including phenoxy) is 1. The molecule has 2 saturated heterocycles. The number of aryl methyl sites for hydroxylation is 1. The van der Waals surface area contributed by atoms with Gasteiger partial charge in [0.2, 0.25) is 11.8 Å². The summed E-state index contributed by atoms with van der Waals surface area (Å²) in [7, 11) is -3.81. The molecule has 9 rings (SSSR count). The lowest BCUT2D eigenvalue weighted by atomic mass is 9.49. The first-order valence-corrected chi connectivity index (χ1v) is 23.5. The molecule has 2 aromatic carbocycles. The number of rotatable bonds is 15. The molecule has 2 atom stereocenters. The van der Waals surface area contributed by atoms with Crippen molar-refractivity contribution in [3.05, 3.63) is 60.3 Å². The van der Waals surface area contributed by atoms with E-state index in [1.165, 1.54) is 29.4 Å². The maximum absolute atomic E-state index is 14.1. The first-order chi connectivity index (χ1) is 27.5. The van der Waals surface area contributed by atoms with E-state index in [1.807, 2.05) is 11.8 Å². The predicted molar refractivity (Wildman–Crippen MR) is 222 cm³/mol. The minimum absolute atomic E-state index is 0.00623. The maximum Gasteiger partial charge on any atom is 0.268 e. The molecule has 57 heavy (non-hydrogen) atoms. The number of carbonyl (C=O) groups excluding carboxylic acids is 2. The number of nitrogens with two attached hydrogens (primary N) is 1. The SMILES string of the molecule is Cc1ccc(S(=O)(=O)n2ccc3c(OCC(O)CC(CCCCCN)C(=O)N4CCC(C5CCN(C(=O)C67CC8CC(CC(C8)C6)C7)CC5)CC4)cccc32)cc1. The van der Waals surface area contributed by atoms with Crippen LogP contribution in [0.5, 0.6) is 5.75 Å². The number of aromatic nitrogens is 1. The Bertz CT molecular complexity index is 1940. The fourth-order valence-corrected chi connectivity index (χ4v) is 13.4. The molecule has 4 saturated carbocycles. The van der Waals surface area contributed by atoms with Crippen molar-refractivity contribution in [2.24, 2.45) is 46.7 Å². The Morgan fingerprint density at radius 3 is 2.07 bits per heavy atom. The third-order valence-electron chi connectivity index (χ3n) is 14.7. The van der Waals surface area contributed by atoms with Gasteiger partial charge < -0.3 is 25.4 Å². The van der Waals surface area contributed by atoms with Gasteiger partial charge in [-0.3, -0.25) is 9.59 Å². The lowest BCUT2D eigenvalue weighted by Crippen LogP contribution is -2.56. The number of hydrogen-bond acceptors (Lipinski definition) is 7. The van der Waals surface area contributed by atoms with Crippen LogP contribution in [-0.4, -0.2) is 84.5 Å². The summed E-state index contributed by atoms with van der Waals surface area (Å²) in [5.74, 6) is 4.32. The molecule has 3 N–H and O–H groups in total. The molecule has 0 radical (unpaired) electrons. The Balaban J connectivity index is 0.839. The standard InChI is InChI=1S/C46H64N4O6S/c1-32-9-11-40(12-10-32)57(54,55)50-23-17-41-42(50)7-5-8-43(41)56-31-39(51)27-38(6-3-2-4-18-47)44(52)48-19-13-36(14-20-48)37-15-21-49(22-16-37)45(53)46-28-33-24-34(29-46)26-35(25-33)30-46/h5,7-12,17,23,33-39,51H,2-4,6,13-16,18-22,24-31,47H2,1H3. The van der Waals surface area contributed by atoms with Crippen LogP contribution in [0, 0.1) is 47.8 Å². The molecule has 6 aliphatic rings. The van der Waals surface area contributed by atoms with Gasteiger partial charge in [0.15, 0.2) is 0 Å². The number of aliphatic hydroxyl groups is 1. The van der Waals surface area contributed by atoms with E-state index >= 15 is 0 Å². The van der Waals surface area contributed by atoms with Crippen LogP contribution < -0.4 is 10.5 Å². The summed E-state index contributed by atoms with van der Waals surface area (Å²) >= 11 is 0. The Morgan fingerprint density at radius 1 is 0.842 bits per heavy atom. The van der Waals surface area contributed by atoms with Crippen LogP contribution in [0.4, 0.5) is 0 Å². The number of unbranched alkanes of at least 4 members (excludes halogenated alkanes) is 2. The van der Waals surface area contributed by atoms with Crippen molar-refractivity contribution in [3.8, 4) is 5.75 Å². The Morgan fingerprint density at radius 2 is 1.46 bits per heavy atom. The molecule has 2 unspecified atom stereocenters. The highest BCUT2D eigenvalue weighted by Gasteiger charge is 2.55. The minimum Gasteiger partial charge on any atom is -0.490 e. The van der Waals surface area contributed by atoms with Crippen molar-refractivity contribution < 1.29 is 27.9 Å². The molecule has 3 heterocycles. The number of piperidine rings is 2. The Kier molecular flexibility index (Phi) is 12.1. The lowest BCUT2D eigenvalue weighted by Gasteiger charge is -2.57. The first kappa shape index (κ1) is 40.4. The molecule has 3 aromatic rings. The summed E-state index contributed by atoms with van der Waals surface area (Å²) in [5, 5.41) is 11.9. The van der Waals surface area contributed by atoms with Crippen LogP contribution in [0.25, 0.3) is 10.9 Å². The van der Waals surface area contributed by atoms with Crippen molar-refractivity contribution in [2.45, 2.75) is 114 Å². The van der Waals surface area contributed by atoms with Crippen LogP contribution in [-0.2, 0) is 19.6 Å². The zero-order chi connectivity index (χ0) is 39.7. The zero-order valence-electron chi connectivity index (χ0n) is 33.9. The summed E-state index contributed by atoms with van der Waals surface area (Å²) < 4.78 is 34.4. The Labute approximate surface area is 339 Å². The third-order valence-corrected chi connectivity index (χ3v) is 16.4. The number of nitrogens with zero attached hydrogens (tertiary/aromatic N) is 3.